The topological polar surface area (TPSA) is 37.5 Å². The number of ether oxygens (including phenoxy) is 2. The van der Waals surface area contributed by atoms with Gasteiger partial charge in [-0.05, 0) is 73.5 Å². The molecule has 3 heterocycles. The van der Waals surface area contributed by atoms with E-state index in [2.05, 4.69) is 70.7 Å². The van der Waals surface area contributed by atoms with E-state index in [0.717, 1.165) is 44.0 Å². The Balaban J connectivity index is 1.04. The first kappa shape index (κ1) is 21.3. The Bertz CT molecular complexity index is 1240. The summed E-state index contributed by atoms with van der Waals surface area (Å²) in [6.07, 6.45) is 7.06. The fourth-order valence-corrected chi connectivity index (χ4v) is 5.51. The van der Waals surface area contributed by atoms with Crippen molar-refractivity contribution in [2.45, 2.75) is 44.3 Å². The molecule has 4 nitrogen and oxygen atoms in total. The van der Waals surface area contributed by atoms with Crippen LogP contribution in [0.25, 0.3) is 10.9 Å². The highest BCUT2D eigenvalue weighted by atomic mass is 16.5. The normalized spacial score (nSPS) is 19.0. The molecule has 4 aromatic rings. The first-order chi connectivity index (χ1) is 16.8. The minimum Gasteiger partial charge on any atom is -0.489 e. The Morgan fingerprint density at radius 2 is 1.74 bits per heavy atom. The summed E-state index contributed by atoms with van der Waals surface area (Å²) in [6, 6.07) is 25.3. The number of aromatic amines is 1. The molecule has 1 aromatic heterocycles. The molecule has 1 fully saturated rings. The van der Waals surface area contributed by atoms with Gasteiger partial charge in [0.15, 0.2) is 0 Å². The van der Waals surface area contributed by atoms with Gasteiger partial charge in [0.25, 0.3) is 0 Å². The van der Waals surface area contributed by atoms with Crippen molar-refractivity contribution < 1.29 is 9.47 Å². The maximum absolute atomic E-state index is 6.46. The average molecular weight is 453 g/mol. The smallest absolute Gasteiger partial charge is 0.126 e. The lowest BCUT2D eigenvalue weighted by molar-refractivity contribution is 0.0987. The summed E-state index contributed by atoms with van der Waals surface area (Å²) in [7, 11) is 0. The van der Waals surface area contributed by atoms with Crippen LogP contribution in [0.3, 0.4) is 0 Å². The molecule has 4 heteroatoms. The first-order valence-electron chi connectivity index (χ1n) is 12.6. The minimum atomic E-state index is 0.251. The Morgan fingerprint density at radius 1 is 0.912 bits per heavy atom. The summed E-state index contributed by atoms with van der Waals surface area (Å²) in [5, 5.41) is 1.39. The minimum absolute atomic E-state index is 0.251. The number of benzene rings is 3. The van der Waals surface area contributed by atoms with Crippen molar-refractivity contribution in [3.8, 4) is 11.5 Å². The number of hydrogen-bond acceptors (Lipinski definition) is 3. The number of rotatable bonds is 6. The summed E-state index contributed by atoms with van der Waals surface area (Å²) in [5.74, 6) is 2.52. The zero-order valence-corrected chi connectivity index (χ0v) is 19.6. The van der Waals surface area contributed by atoms with Crippen molar-refractivity contribution in [2.75, 3.05) is 19.6 Å². The summed E-state index contributed by atoms with van der Waals surface area (Å²) < 4.78 is 12.5. The maximum Gasteiger partial charge on any atom is 0.126 e. The van der Waals surface area contributed by atoms with Crippen LogP contribution < -0.4 is 9.47 Å². The van der Waals surface area contributed by atoms with Crippen molar-refractivity contribution in [1.29, 1.82) is 0 Å². The fourth-order valence-electron chi connectivity index (χ4n) is 5.51. The second-order valence-corrected chi connectivity index (χ2v) is 9.69. The van der Waals surface area contributed by atoms with Gasteiger partial charge in [-0.15, -0.1) is 0 Å². The van der Waals surface area contributed by atoms with E-state index in [1.807, 2.05) is 18.2 Å². The van der Waals surface area contributed by atoms with Crippen LogP contribution in [0.4, 0.5) is 0 Å². The van der Waals surface area contributed by atoms with Gasteiger partial charge in [0.1, 0.15) is 24.2 Å². The van der Waals surface area contributed by atoms with Crippen molar-refractivity contribution >= 4 is 10.9 Å². The summed E-state index contributed by atoms with van der Waals surface area (Å²) in [5.41, 5.74) is 5.21. The van der Waals surface area contributed by atoms with Crippen molar-refractivity contribution in [1.82, 2.24) is 9.88 Å². The van der Waals surface area contributed by atoms with Crippen molar-refractivity contribution in [3.63, 3.8) is 0 Å². The molecular weight excluding hydrogens is 420 g/mol. The van der Waals surface area contributed by atoms with Gasteiger partial charge in [0, 0.05) is 29.7 Å². The highest BCUT2D eigenvalue weighted by Crippen LogP contribution is 2.35. The van der Waals surface area contributed by atoms with Gasteiger partial charge in [0.05, 0.1) is 0 Å². The number of nitrogens with zero attached hydrogens (tertiary/aromatic N) is 1. The third-order valence-corrected chi connectivity index (χ3v) is 7.43. The lowest BCUT2D eigenvalue weighted by Crippen LogP contribution is -2.41. The van der Waals surface area contributed by atoms with E-state index >= 15 is 0 Å². The molecule has 0 saturated carbocycles. The number of fused-ring (bicyclic) bond motifs is 2. The molecule has 2 aliphatic heterocycles. The van der Waals surface area contributed by atoms with E-state index in [4.69, 9.17) is 9.47 Å². The highest BCUT2D eigenvalue weighted by Gasteiger charge is 2.27. The second-order valence-electron chi connectivity index (χ2n) is 9.69. The number of para-hydroxylation sites is 1. The van der Waals surface area contributed by atoms with E-state index in [9.17, 15) is 0 Å². The lowest BCUT2D eigenvalue weighted by Gasteiger charge is -2.36. The van der Waals surface area contributed by atoms with E-state index in [0.29, 0.717) is 12.5 Å². The van der Waals surface area contributed by atoms with Crippen LogP contribution in [0.5, 0.6) is 11.5 Å². The van der Waals surface area contributed by atoms with Crippen molar-refractivity contribution in [3.05, 3.63) is 95.7 Å². The maximum atomic E-state index is 6.46. The molecule has 2 aliphatic rings. The lowest BCUT2D eigenvalue weighted by atomic mass is 9.89. The van der Waals surface area contributed by atoms with Gasteiger partial charge in [0.2, 0.25) is 0 Å². The molecule has 6 rings (SSSR count). The van der Waals surface area contributed by atoms with Crippen LogP contribution >= 0.6 is 0 Å². The van der Waals surface area contributed by atoms with E-state index in [-0.39, 0.29) is 6.10 Å². The zero-order chi connectivity index (χ0) is 22.7. The number of nitrogens with one attached hydrogen (secondary N) is 1. The second kappa shape index (κ2) is 9.55. The Labute approximate surface area is 201 Å². The molecule has 0 bridgehead atoms. The molecule has 0 radical (unpaired) electrons. The highest BCUT2D eigenvalue weighted by molar-refractivity contribution is 5.83. The number of aryl methyl sites for hydroxylation is 1. The van der Waals surface area contributed by atoms with E-state index < -0.39 is 0 Å². The molecule has 1 saturated heterocycles. The van der Waals surface area contributed by atoms with Crippen LogP contribution in [0.2, 0.25) is 0 Å². The van der Waals surface area contributed by atoms with Gasteiger partial charge in [-0.2, -0.15) is 0 Å². The molecule has 174 valence electrons. The molecule has 0 aliphatic carbocycles. The van der Waals surface area contributed by atoms with Gasteiger partial charge < -0.3 is 14.5 Å². The number of likely N-dealkylation sites (tertiary alicyclic amines) is 1. The summed E-state index contributed by atoms with van der Waals surface area (Å²) in [6.45, 7) is 3.86. The Kier molecular flexibility index (Phi) is 5.99. The fraction of sp³-hybridized carbons (Fsp3) is 0.333. The molecule has 34 heavy (non-hydrogen) atoms. The van der Waals surface area contributed by atoms with Crippen LogP contribution in [0.1, 0.15) is 41.9 Å². The largest absolute Gasteiger partial charge is 0.489 e. The van der Waals surface area contributed by atoms with Crippen LogP contribution in [-0.2, 0) is 13.0 Å². The van der Waals surface area contributed by atoms with E-state index in [1.165, 1.54) is 40.4 Å². The third kappa shape index (κ3) is 4.55. The third-order valence-electron chi connectivity index (χ3n) is 7.43. The summed E-state index contributed by atoms with van der Waals surface area (Å²) >= 11 is 0. The summed E-state index contributed by atoms with van der Waals surface area (Å²) in [4.78, 5) is 6.04. The standard InChI is InChI=1S/C30H32N2O2/c1-2-6-22(7-3-1)21-33-25-12-10-24-11-13-26(34-30(24)18-25)20-32-16-14-23(15-17-32)28-19-31-29-9-5-4-8-27(28)29/h1-10,12,18-19,23,26,31H,11,13-17,20-21H2. The number of aromatic nitrogens is 1. The predicted molar refractivity (Wildman–Crippen MR) is 137 cm³/mol. The molecule has 1 unspecified atom stereocenters. The molecule has 3 aromatic carbocycles. The Hall–Kier alpha value is -3.24. The van der Waals surface area contributed by atoms with Crippen LogP contribution in [0.15, 0.2) is 79.0 Å². The molecular formula is C30H32N2O2. The number of piperidine rings is 1. The molecule has 1 N–H and O–H groups in total. The van der Waals surface area contributed by atoms with Crippen LogP contribution in [0, 0.1) is 0 Å². The van der Waals surface area contributed by atoms with Gasteiger partial charge in [-0.1, -0.05) is 54.6 Å². The van der Waals surface area contributed by atoms with Gasteiger partial charge in [-0.25, -0.2) is 0 Å². The number of H-pyrrole nitrogens is 1. The van der Waals surface area contributed by atoms with Gasteiger partial charge >= 0.3 is 0 Å². The number of hydrogen-bond donors (Lipinski definition) is 1. The zero-order valence-electron chi connectivity index (χ0n) is 19.6. The van der Waals surface area contributed by atoms with Gasteiger partial charge in [-0.3, -0.25) is 4.90 Å². The van der Waals surface area contributed by atoms with Crippen LogP contribution in [-0.4, -0.2) is 35.6 Å². The quantitative estimate of drug-likeness (QED) is 0.372. The predicted octanol–water partition coefficient (Wildman–Crippen LogP) is 6.32. The monoisotopic (exact) mass is 452 g/mol. The SMILES string of the molecule is c1ccc(COc2ccc3c(c2)OC(CN2CCC(c4c[nH]c5ccccc45)CC2)CC3)cc1. The average Bonchev–Trinajstić information content (AvgIpc) is 3.33. The van der Waals surface area contributed by atoms with Crippen molar-refractivity contribution in [2.24, 2.45) is 0 Å². The molecule has 0 amide bonds. The molecule has 0 spiro atoms. The first-order valence-corrected chi connectivity index (χ1v) is 12.6. The van der Waals surface area contributed by atoms with E-state index in [1.54, 1.807) is 0 Å². The Morgan fingerprint density at radius 3 is 2.62 bits per heavy atom. The molecule has 1 atom stereocenters.